The molecule has 0 spiro atoms. The number of sulfonamides is 1. The molecule has 0 saturated carbocycles. The number of aryl methyl sites for hydroxylation is 1. The summed E-state index contributed by atoms with van der Waals surface area (Å²) in [7, 11) is -4.22. The van der Waals surface area contributed by atoms with Crippen LogP contribution < -0.4 is 9.62 Å². The largest absolute Gasteiger partial charge is 0.352 e. The Balaban J connectivity index is 2.05. The molecule has 3 rings (SSSR count). The zero-order valence-corrected chi connectivity index (χ0v) is 25.8. The third kappa shape index (κ3) is 7.91. The minimum Gasteiger partial charge on any atom is -0.352 e. The first-order valence-electron chi connectivity index (χ1n) is 12.7. The quantitative estimate of drug-likeness (QED) is 0.265. The minimum absolute atomic E-state index is 0.000857. The molecule has 11 heteroatoms. The molecule has 0 radical (unpaired) electrons. The summed E-state index contributed by atoms with van der Waals surface area (Å²) in [5, 5.41) is 3.74. The van der Waals surface area contributed by atoms with Crippen molar-refractivity contribution in [2.24, 2.45) is 0 Å². The van der Waals surface area contributed by atoms with E-state index in [0.717, 1.165) is 9.87 Å². The fourth-order valence-electron chi connectivity index (χ4n) is 3.89. The highest BCUT2D eigenvalue weighted by atomic mass is 35.5. The molecule has 3 aromatic rings. The second-order valence-corrected chi connectivity index (χ2v) is 12.7. The fraction of sp³-hybridized carbons (Fsp3) is 0.310. The molecule has 0 aromatic heterocycles. The fourth-order valence-corrected chi connectivity index (χ4v) is 5.80. The number of hydrogen-bond acceptors (Lipinski definition) is 4. The highest BCUT2D eigenvalue weighted by molar-refractivity contribution is 7.92. The monoisotopic (exact) mass is 623 g/mol. The van der Waals surface area contributed by atoms with Gasteiger partial charge in [-0.3, -0.25) is 13.9 Å². The molecule has 40 heavy (non-hydrogen) atoms. The maximum absolute atomic E-state index is 13.9. The molecule has 0 saturated heterocycles. The maximum atomic E-state index is 13.9. The number of amides is 2. The standard InChI is InChI=1S/C29H32Cl3N3O4S/c1-5-20(3)33-29(37)21(4)34(17-22-7-6-8-23(30)15-22)28(36)18-35(24-11-14-26(31)27(32)16-24)40(38,39)25-12-9-19(2)10-13-25/h6-16,20-21H,5,17-18H2,1-4H3,(H,33,37)/t20-,21-/m0/s1. The Bertz CT molecular complexity index is 1470. The Morgan fingerprint density at radius 3 is 2.20 bits per heavy atom. The molecule has 0 aliphatic heterocycles. The number of nitrogens with zero attached hydrogens (tertiary/aromatic N) is 2. The molecule has 2 amide bonds. The SMILES string of the molecule is CC[C@H](C)NC(=O)[C@H](C)N(Cc1cccc(Cl)c1)C(=O)CN(c1ccc(Cl)c(Cl)c1)S(=O)(=O)c1ccc(C)cc1. The first kappa shape index (κ1) is 31.7. The predicted octanol–water partition coefficient (Wildman–Crippen LogP) is 6.48. The van der Waals surface area contributed by atoms with E-state index >= 15 is 0 Å². The van der Waals surface area contributed by atoms with Crippen molar-refractivity contribution in [3.05, 3.63) is 92.9 Å². The summed E-state index contributed by atoms with van der Waals surface area (Å²) in [6, 6.07) is 16.6. The molecular weight excluding hydrogens is 593 g/mol. The first-order chi connectivity index (χ1) is 18.8. The highest BCUT2D eigenvalue weighted by Crippen LogP contribution is 2.31. The smallest absolute Gasteiger partial charge is 0.264 e. The van der Waals surface area contributed by atoms with Gasteiger partial charge in [0.2, 0.25) is 11.8 Å². The van der Waals surface area contributed by atoms with Crippen molar-refractivity contribution in [3.8, 4) is 0 Å². The van der Waals surface area contributed by atoms with Crippen molar-refractivity contribution < 1.29 is 18.0 Å². The van der Waals surface area contributed by atoms with Crippen molar-refractivity contribution in [1.82, 2.24) is 10.2 Å². The Kier molecular flexibility index (Phi) is 10.9. The van der Waals surface area contributed by atoms with Gasteiger partial charge in [0.05, 0.1) is 20.6 Å². The summed E-state index contributed by atoms with van der Waals surface area (Å²) in [5.74, 6) is -0.944. The van der Waals surface area contributed by atoms with Crippen LogP contribution in [0, 0.1) is 6.92 Å². The Morgan fingerprint density at radius 2 is 1.60 bits per heavy atom. The number of halogens is 3. The second-order valence-electron chi connectivity index (χ2n) is 9.57. The van der Waals surface area contributed by atoms with Gasteiger partial charge < -0.3 is 10.2 Å². The van der Waals surface area contributed by atoms with Crippen LogP contribution in [0.5, 0.6) is 0 Å². The van der Waals surface area contributed by atoms with Crippen LogP contribution in [0.4, 0.5) is 5.69 Å². The average Bonchev–Trinajstić information content (AvgIpc) is 2.91. The summed E-state index contributed by atoms with van der Waals surface area (Å²) in [6.07, 6.45) is 0.709. The van der Waals surface area contributed by atoms with Crippen LogP contribution in [0.2, 0.25) is 15.1 Å². The van der Waals surface area contributed by atoms with Gasteiger partial charge in [-0.1, -0.05) is 71.6 Å². The molecule has 0 aliphatic carbocycles. The van der Waals surface area contributed by atoms with Gasteiger partial charge in [0.1, 0.15) is 12.6 Å². The van der Waals surface area contributed by atoms with Crippen molar-refractivity contribution in [3.63, 3.8) is 0 Å². The van der Waals surface area contributed by atoms with Gasteiger partial charge in [0.25, 0.3) is 10.0 Å². The van der Waals surface area contributed by atoms with E-state index in [-0.39, 0.29) is 39.1 Å². The van der Waals surface area contributed by atoms with Crippen LogP contribution in [0.3, 0.4) is 0 Å². The molecule has 0 bridgehead atoms. The Labute approximate surface area is 251 Å². The molecule has 0 aliphatic rings. The lowest BCUT2D eigenvalue weighted by Gasteiger charge is -2.32. The van der Waals surface area contributed by atoms with Crippen LogP contribution in [-0.4, -0.2) is 43.8 Å². The van der Waals surface area contributed by atoms with E-state index in [4.69, 9.17) is 34.8 Å². The first-order valence-corrected chi connectivity index (χ1v) is 15.3. The van der Waals surface area contributed by atoms with Crippen LogP contribution in [0.25, 0.3) is 0 Å². The number of anilines is 1. The summed E-state index contributed by atoms with van der Waals surface area (Å²) >= 11 is 18.5. The van der Waals surface area contributed by atoms with Crippen LogP contribution in [-0.2, 0) is 26.2 Å². The van der Waals surface area contributed by atoms with Crippen LogP contribution in [0.1, 0.15) is 38.3 Å². The zero-order chi connectivity index (χ0) is 29.6. The highest BCUT2D eigenvalue weighted by Gasteiger charge is 2.33. The number of nitrogens with one attached hydrogen (secondary N) is 1. The number of benzene rings is 3. The van der Waals surface area contributed by atoms with E-state index in [0.29, 0.717) is 17.0 Å². The van der Waals surface area contributed by atoms with E-state index in [1.807, 2.05) is 20.8 Å². The number of hydrogen-bond donors (Lipinski definition) is 1. The van der Waals surface area contributed by atoms with E-state index in [9.17, 15) is 18.0 Å². The third-order valence-electron chi connectivity index (χ3n) is 6.49. The van der Waals surface area contributed by atoms with Gasteiger partial charge in [-0.2, -0.15) is 0 Å². The molecule has 0 heterocycles. The summed E-state index contributed by atoms with van der Waals surface area (Å²) in [5.41, 5.74) is 1.72. The molecule has 0 fully saturated rings. The van der Waals surface area contributed by atoms with Gasteiger partial charge in [-0.05, 0) is 75.2 Å². The molecule has 0 unspecified atom stereocenters. The Morgan fingerprint density at radius 1 is 0.925 bits per heavy atom. The summed E-state index contributed by atoms with van der Waals surface area (Å²) in [4.78, 5) is 28.4. The molecule has 214 valence electrons. The van der Waals surface area contributed by atoms with Crippen molar-refractivity contribution in [2.45, 2.75) is 57.6 Å². The molecule has 3 aromatic carbocycles. The zero-order valence-electron chi connectivity index (χ0n) is 22.7. The average molecular weight is 625 g/mol. The van der Waals surface area contributed by atoms with E-state index < -0.39 is 28.5 Å². The number of carbonyl (C=O) groups excluding carboxylic acids is 2. The van der Waals surface area contributed by atoms with Crippen molar-refractivity contribution >= 4 is 62.3 Å². The lowest BCUT2D eigenvalue weighted by molar-refractivity contribution is -0.139. The number of rotatable bonds is 11. The molecule has 2 atom stereocenters. The Hall–Kier alpha value is -2.78. The van der Waals surface area contributed by atoms with Gasteiger partial charge in [0.15, 0.2) is 0 Å². The second kappa shape index (κ2) is 13.7. The van der Waals surface area contributed by atoms with E-state index in [1.165, 1.54) is 35.2 Å². The van der Waals surface area contributed by atoms with Crippen LogP contribution >= 0.6 is 34.8 Å². The normalized spacial score (nSPS) is 12.9. The van der Waals surface area contributed by atoms with E-state index in [1.54, 1.807) is 43.3 Å². The summed E-state index contributed by atoms with van der Waals surface area (Å²) < 4.78 is 28.7. The lowest BCUT2D eigenvalue weighted by atomic mass is 10.1. The van der Waals surface area contributed by atoms with Crippen molar-refractivity contribution in [2.75, 3.05) is 10.8 Å². The van der Waals surface area contributed by atoms with Gasteiger partial charge in [0, 0.05) is 17.6 Å². The molecule has 1 N–H and O–H groups in total. The van der Waals surface area contributed by atoms with Crippen LogP contribution in [0.15, 0.2) is 71.6 Å². The third-order valence-corrected chi connectivity index (χ3v) is 9.25. The number of carbonyl (C=O) groups is 2. The summed E-state index contributed by atoms with van der Waals surface area (Å²) in [6.45, 7) is 6.71. The van der Waals surface area contributed by atoms with E-state index in [2.05, 4.69) is 5.32 Å². The van der Waals surface area contributed by atoms with Gasteiger partial charge in [-0.25, -0.2) is 8.42 Å². The molecular formula is C29H32Cl3N3O4S. The minimum atomic E-state index is -4.22. The topological polar surface area (TPSA) is 86.8 Å². The van der Waals surface area contributed by atoms with Gasteiger partial charge in [-0.15, -0.1) is 0 Å². The van der Waals surface area contributed by atoms with Gasteiger partial charge >= 0.3 is 0 Å². The van der Waals surface area contributed by atoms with Crippen molar-refractivity contribution in [1.29, 1.82) is 0 Å². The lowest BCUT2D eigenvalue weighted by Crippen LogP contribution is -2.52. The predicted molar refractivity (Wildman–Crippen MR) is 162 cm³/mol. The molecule has 7 nitrogen and oxygen atoms in total. The maximum Gasteiger partial charge on any atom is 0.264 e.